The van der Waals surface area contributed by atoms with E-state index in [1.54, 1.807) is 49.4 Å². The molecule has 0 aromatic heterocycles. The van der Waals surface area contributed by atoms with Crippen molar-refractivity contribution in [3.63, 3.8) is 0 Å². The highest BCUT2D eigenvalue weighted by Gasteiger charge is 2.31. The second-order valence-corrected chi connectivity index (χ2v) is 8.10. The lowest BCUT2D eigenvalue weighted by Crippen LogP contribution is -2.11. The predicted octanol–water partition coefficient (Wildman–Crippen LogP) is 4.24. The summed E-state index contributed by atoms with van der Waals surface area (Å²) >= 11 is 3.35. The first-order chi connectivity index (χ1) is 11.8. The monoisotopic (exact) mass is 418 g/mol. The van der Waals surface area contributed by atoms with Gasteiger partial charge < -0.3 is 5.32 Å². The van der Waals surface area contributed by atoms with E-state index < -0.39 is 10.0 Å². The molecule has 0 unspecified atom stereocenters. The van der Waals surface area contributed by atoms with Crippen molar-refractivity contribution in [1.82, 2.24) is 0 Å². The zero-order chi connectivity index (χ0) is 18.2. The molecule has 1 N–H and O–H groups in total. The number of ketones is 1. The number of nitrogens with zero attached hydrogens (tertiary/aromatic N) is 1. The van der Waals surface area contributed by atoms with Crippen LogP contribution in [0.25, 0.3) is 4.91 Å². The van der Waals surface area contributed by atoms with Crippen molar-refractivity contribution < 1.29 is 13.2 Å². The predicted molar refractivity (Wildman–Crippen MR) is 103 cm³/mol. The summed E-state index contributed by atoms with van der Waals surface area (Å²) in [5.74, 6) is 0.197. The van der Waals surface area contributed by atoms with Crippen LogP contribution in [-0.2, 0) is 10.0 Å². The van der Waals surface area contributed by atoms with Gasteiger partial charge in [-0.25, -0.2) is 0 Å². The van der Waals surface area contributed by atoms with E-state index in [1.807, 2.05) is 6.07 Å². The normalized spacial score (nSPS) is 15.9. The third-order valence-corrected chi connectivity index (χ3v) is 5.76. The summed E-state index contributed by atoms with van der Waals surface area (Å²) in [4.78, 5) is 11.7. The van der Waals surface area contributed by atoms with Gasteiger partial charge in [-0.2, -0.15) is 8.42 Å². The Hall–Kier alpha value is -2.25. The molecule has 2 aromatic rings. The molecule has 3 rings (SSSR count). The van der Waals surface area contributed by atoms with Gasteiger partial charge in [0.2, 0.25) is 0 Å². The minimum Gasteiger partial charge on any atom is -0.339 e. The number of anilines is 1. The molecule has 0 atom stereocenters. The Morgan fingerprint density at radius 3 is 2.52 bits per heavy atom. The van der Waals surface area contributed by atoms with Crippen LogP contribution in [0.2, 0.25) is 0 Å². The molecule has 0 radical (unpaired) electrons. The number of benzene rings is 2. The highest BCUT2D eigenvalue weighted by atomic mass is 79.9. The summed E-state index contributed by atoms with van der Waals surface area (Å²) in [5.41, 5.74) is 2.26. The number of amidine groups is 1. The number of rotatable bonds is 3. The van der Waals surface area contributed by atoms with Gasteiger partial charge in [0.15, 0.2) is 5.78 Å². The molecular formula is C18H15BrN2O3S. The second-order valence-electron chi connectivity index (χ2n) is 5.64. The van der Waals surface area contributed by atoms with E-state index in [1.165, 1.54) is 6.92 Å². The Morgan fingerprint density at radius 1 is 1.12 bits per heavy atom. The fourth-order valence-corrected chi connectivity index (χ4v) is 4.42. The molecule has 1 heterocycles. The van der Waals surface area contributed by atoms with Crippen molar-refractivity contribution in [3.05, 3.63) is 69.7 Å². The van der Waals surface area contributed by atoms with Gasteiger partial charge in [-0.3, -0.25) is 4.79 Å². The van der Waals surface area contributed by atoms with Gasteiger partial charge in [-0.1, -0.05) is 40.2 Å². The lowest BCUT2D eigenvalue weighted by molar-refractivity contribution is 0.101. The topological polar surface area (TPSA) is 75.6 Å². The summed E-state index contributed by atoms with van der Waals surface area (Å²) < 4.78 is 29.7. The Bertz CT molecular complexity index is 1040. The van der Waals surface area contributed by atoms with E-state index in [4.69, 9.17) is 0 Å². The van der Waals surface area contributed by atoms with E-state index in [0.29, 0.717) is 22.4 Å². The second kappa shape index (κ2) is 6.57. The molecule has 0 spiro atoms. The molecule has 0 amide bonds. The molecule has 25 heavy (non-hydrogen) atoms. The number of carbonyl (C=O) groups excluding carboxylic acids is 1. The fourth-order valence-electron chi connectivity index (χ4n) is 2.60. The Kier molecular flexibility index (Phi) is 4.62. The number of halogens is 1. The van der Waals surface area contributed by atoms with Crippen molar-refractivity contribution in [2.75, 3.05) is 5.32 Å². The molecule has 2 aromatic carbocycles. The molecule has 0 bridgehead atoms. The number of sulfonamides is 1. The fraction of sp³-hybridized carbons (Fsp3) is 0.111. The van der Waals surface area contributed by atoms with E-state index in [9.17, 15) is 13.2 Å². The smallest absolute Gasteiger partial charge is 0.285 e. The van der Waals surface area contributed by atoms with Crippen LogP contribution >= 0.6 is 15.9 Å². The first kappa shape index (κ1) is 17.6. The van der Waals surface area contributed by atoms with E-state index >= 15 is 0 Å². The number of hydrogen-bond acceptors (Lipinski definition) is 4. The molecule has 1 aliphatic heterocycles. The molecule has 128 valence electrons. The number of hydrogen-bond donors (Lipinski definition) is 1. The van der Waals surface area contributed by atoms with Crippen molar-refractivity contribution >= 4 is 48.2 Å². The lowest BCUT2D eigenvalue weighted by atomic mass is 10.1. The summed E-state index contributed by atoms with van der Waals surface area (Å²) in [6.07, 6.45) is 0. The molecule has 7 heteroatoms. The van der Waals surface area contributed by atoms with Crippen LogP contribution in [-0.4, -0.2) is 20.0 Å². The quantitative estimate of drug-likeness (QED) is 0.756. The van der Waals surface area contributed by atoms with E-state index in [-0.39, 0.29) is 16.5 Å². The van der Waals surface area contributed by atoms with Crippen molar-refractivity contribution in [2.24, 2.45) is 4.40 Å². The number of carbonyl (C=O) groups is 1. The van der Waals surface area contributed by atoms with Gasteiger partial charge in [0, 0.05) is 21.3 Å². The maximum Gasteiger partial charge on any atom is 0.285 e. The standard InChI is InChI=1S/C18H15BrN2O3S/c1-11-17(14-6-3-7-15(19)9-14)25(23,24)21-18(11)20-16-8-4-5-13(10-16)12(2)22/h3-10H,1-2H3,(H,20,21). The summed E-state index contributed by atoms with van der Waals surface area (Å²) in [7, 11) is -3.78. The van der Waals surface area contributed by atoms with Crippen molar-refractivity contribution in [3.8, 4) is 0 Å². The maximum atomic E-state index is 12.5. The molecule has 0 aliphatic carbocycles. The summed E-state index contributed by atoms with van der Waals surface area (Å²) in [6.45, 7) is 3.19. The summed E-state index contributed by atoms with van der Waals surface area (Å²) in [5, 5.41) is 3.00. The van der Waals surface area contributed by atoms with Gasteiger partial charge in [0.25, 0.3) is 10.0 Å². The minimum atomic E-state index is -3.78. The third kappa shape index (κ3) is 3.57. The zero-order valence-electron chi connectivity index (χ0n) is 13.6. The van der Waals surface area contributed by atoms with Crippen LogP contribution in [0, 0.1) is 0 Å². The van der Waals surface area contributed by atoms with Crippen molar-refractivity contribution in [2.45, 2.75) is 13.8 Å². The molecule has 0 saturated carbocycles. The first-order valence-electron chi connectivity index (χ1n) is 7.48. The van der Waals surface area contributed by atoms with Crippen LogP contribution in [0.3, 0.4) is 0 Å². The van der Waals surface area contributed by atoms with Crippen LogP contribution in [0.5, 0.6) is 0 Å². The Balaban J connectivity index is 2.01. The average Bonchev–Trinajstić information content (AvgIpc) is 2.76. The van der Waals surface area contributed by atoms with Crippen molar-refractivity contribution in [1.29, 1.82) is 0 Å². The lowest BCUT2D eigenvalue weighted by Gasteiger charge is -2.08. The van der Waals surface area contributed by atoms with E-state index in [0.717, 1.165) is 4.47 Å². The Morgan fingerprint density at radius 2 is 1.84 bits per heavy atom. The van der Waals surface area contributed by atoms with Crippen LogP contribution in [0.1, 0.15) is 29.8 Å². The average molecular weight is 419 g/mol. The summed E-state index contributed by atoms with van der Waals surface area (Å²) in [6, 6.07) is 13.9. The molecular weight excluding hydrogens is 404 g/mol. The maximum absolute atomic E-state index is 12.5. The first-order valence-corrected chi connectivity index (χ1v) is 9.71. The van der Waals surface area contributed by atoms with Gasteiger partial charge in [-0.05, 0) is 43.7 Å². The Labute approximate surface area is 154 Å². The minimum absolute atomic E-state index is 0.0632. The molecule has 0 fully saturated rings. The largest absolute Gasteiger partial charge is 0.339 e. The van der Waals surface area contributed by atoms with E-state index in [2.05, 4.69) is 25.6 Å². The SMILES string of the molecule is CC(=O)c1cccc(NC2=NS(=O)(=O)C(c3cccc(Br)c3)=C2C)c1. The van der Waals surface area contributed by atoms with Crippen LogP contribution in [0.15, 0.2) is 63.0 Å². The molecule has 5 nitrogen and oxygen atoms in total. The van der Waals surface area contributed by atoms with Gasteiger partial charge in [0.05, 0.1) is 0 Å². The van der Waals surface area contributed by atoms with Crippen LogP contribution < -0.4 is 5.32 Å². The third-order valence-electron chi connectivity index (χ3n) is 3.78. The van der Waals surface area contributed by atoms with Gasteiger partial charge >= 0.3 is 0 Å². The highest BCUT2D eigenvalue weighted by molar-refractivity contribution is 9.10. The highest BCUT2D eigenvalue weighted by Crippen LogP contribution is 2.34. The number of Topliss-reactive ketones (excluding diaryl/α,β-unsaturated/α-hetero) is 1. The zero-order valence-corrected chi connectivity index (χ0v) is 16.0. The van der Waals surface area contributed by atoms with Crippen LogP contribution in [0.4, 0.5) is 5.69 Å². The van der Waals surface area contributed by atoms with Gasteiger partial charge in [-0.15, -0.1) is 4.40 Å². The number of nitrogens with one attached hydrogen (secondary N) is 1. The molecule has 0 saturated heterocycles. The molecule has 1 aliphatic rings. The van der Waals surface area contributed by atoms with Gasteiger partial charge in [0.1, 0.15) is 10.7 Å².